The maximum absolute atomic E-state index is 10.4. The van der Waals surface area contributed by atoms with Crippen LogP contribution in [0.25, 0.3) is 11.5 Å². The molecular formula is C11H8Cl2N2O3. The molecule has 0 fully saturated rings. The van der Waals surface area contributed by atoms with E-state index in [2.05, 4.69) is 10.2 Å². The number of carboxylic acid groups (broad SMARTS) is 1. The second kappa shape index (κ2) is 5.37. The lowest BCUT2D eigenvalue weighted by Gasteiger charge is -1.99. The van der Waals surface area contributed by atoms with Gasteiger partial charge < -0.3 is 9.52 Å². The van der Waals surface area contributed by atoms with Crippen LogP contribution in [-0.2, 0) is 11.2 Å². The molecule has 0 spiro atoms. The van der Waals surface area contributed by atoms with E-state index in [1.54, 1.807) is 18.2 Å². The zero-order valence-electron chi connectivity index (χ0n) is 9.06. The molecule has 0 aliphatic carbocycles. The van der Waals surface area contributed by atoms with E-state index in [1.807, 2.05) is 0 Å². The van der Waals surface area contributed by atoms with Crippen LogP contribution in [0.4, 0.5) is 0 Å². The third kappa shape index (κ3) is 2.80. The fourth-order valence-electron chi connectivity index (χ4n) is 1.35. The number of hydrogen-bond donors (Lipinski definition) is 1. The summed E-state index contributed by atoms with van der Waals surface area (Å²) >= 11 is 11.9. The van der Waals surface area contributed by atoms with E-state index in [9.17, 15) is 4.79 Å². The van der Waals surface area contributed by atoms with E-state index < -0.39 is 5.97 Å². The lowest BCUT2D eigenvalue weighted by Crippen LogP contribution is -1.97. The molecule has 5 nitrogen and oxygen atoms in total. The molecule has 0 amide bonds. The van der Waals surface area contributed by atoms with E-state index >= 15 is 0 Å². The van der Waals surface area contributed by atoms with Crippen molar-refractivity contribution in [3.8, 4) is 11.5 Å². The highest BCUT2D eigenvalue weighted by Crippen LogP contribution is 2.32. The quantitative estimate of drug-likeness (QED) is 0.935. The van der Waals surface area contributed by atoms with Crippen molar-refractivity contribution >= 4 is 29.2 Å². The molecule has 0 bridgehead atoms. The van der Waals surface area contributed by atoms with Crippen molar-refractivity contribution in [3.63, 3.8) is 0 Å². The Bertz CT molecular complexity index is 583. The zero-order chi connectivity index (χ0) is 13.1. The van der Waals surface area contributed by atoms with Crippen molar-refractivity contribution in [3.05, 3.63) is 34.1 Å². The number of carboxylic acids is 1. The van der Waals surface area contributed by atoms with Crippen molar-refractivity contribution in [2.45, 2.75) is 12.8 Å². The Morgan fingerprint density at radius 1 is 1.33 bits per heavy atom. The molecule has 1 N–H and O–H groups in total. The highest BCUT2D eigenvalue weighted by Gasteiger charge is 2.14. The SMILES string of the molecule is O=C(O)CCc1nnc(-c2cccc(Cl)c2Cl)o1. The Balaban J connectivity index is 2.24. The van der Waals surface area contributed by atoms with Crippen LogP contribution < -0.4 is 0 Å². The zero-order valence-corrected chi connectivity index (χ0v) is 10.6. The summed E-state index contributed by atoms with van der Waals surface area (Å²) in [6, 6.07) is 5.06. The van der Waals surface area contributed by atoms with Crippen LogP contribution in [0.5, 0.6) is 0 Å². The lowest BCUT2D eigenvalue weighted by molar-refractivity contribution is -0.137. The van der Waals surface area contributed by atoms with Crippen molar-refractivity contribution in [1.29, 1.82) is 0 Å². The summed E-state index contributed by atoms with van der Waals surface area (Å²) < 4.78 is 5.33. The van der Waals surface area contributed by atoms with Gasteiger partial charge in [-0.05, 0) is 12.1 Å². The first-order valence-corrected chi connectivity index (χ1v) is 5.82. The van der Waals surface area contributed by atoms with Gasteiger partial charge in [0.2, 0.25) is 11.8 Å². The van der Waals surface area contributed by atoms with Gasteiger partial charge >= 0.3 is 5.97 Å². The van der Waals surface area contributed by atoms with E-state index in [0.717, 1.165) is 0 Å². The molecule has 0 saturated carbocycles. The van der Waals surface area contributed by atoms with Crippen LogP contribution >= 0.6 is 23.2 Å². The molecule has 1 aromatic carbocycles. The first-order chi connectivity index (χ1) is 8.58. The Hall–Kier alpha value is -1.59. The molecule has 0 atom stereocenters. The summed E-state index contributed by atoms with van der Waals surface area (Å²) in [6.07, 6.45) is 0.116. The largest absolute Gasteiger partial charge is 0.481 e. The molecule has 7 heteroatoms. The summed E-state index contributed by atoms with van der Waals surface area (Å²) in [4.78, 5) is 10.4. The molecule has 1 aromatic heterocycles. The molecule has 94 valence electrons. The summed E-state index contributed by atoms with van der Waals surface area (Å²) in [5.74, 6) is -0.443. The minimum atomic E-state index is -0.921. The molecule has 0 radical (unpaired) electrons. The van der Waals surface area contributed by atoms with Gasteiger partial charge in [-0.3, -0.25) is 4.79 Å². The summed E-state index contributed by atoms with van der Waals surface area (Å²) in [5, 5.41) is 16.8. The van der Waals surface area contributed by atoms with E-state index in [1.165, 1.54) is 0 Å². The predicted octanol–water partition coefficient (Wildman–Crippen LogP) is 3.06. The third-order valence-electron chi connectivity index (χ3n) is 2.20. The Kier molecular flexibility index (Phi) is 3.84. The molecule has 0 aliphatic heterocycles. The van der Waals surface area contributed by atoms with E-state index in [-0.39, 0.29) is 24.6 Å². The summed E-state index contributed by atoms with van der Waals surface area (Å²) in [6.45, 7) is 0. The molecular weight excluding hydrogens is 279 g/mol. The normalized spacial score (nSPS) is 10.6. The molecule has 0 aliphatic rings. The van der Waals surface area contributed by atoms with Gasteiger partial charge in [-0.1, -0.05) is 29.3 Å². The van der Waals surface area contributed by atoms with Crippen molar-refractivity contribution in [1.82, 2.24) is 10.2 Å². The molecule has 2 aromatic rings. The average Bonchev–Trinajstić information content (AvgIpc) is 2.78. The van der Waals surface area contributed by atoms with Gasteiger partial charge in [0, 0.05) is 6.42 Å². The predicted molar refractivity (Wildman–Crippen MR) is 65.7 cm³/mol. The van der Waals surface area contributed by atoms with Gasteiger partial charge in [-0.15, -0.1) is 10.2 Å². The molecule has 0 saturated heterocycles. The number of benzene rings is 1. The minimum Gasteiger partial charge on any atom is -0.481 e. The van der Waals surface area contributed by atoms with Crippen LogP contribution in [0.1, 0.15) is 12.3 Å². The first-order valence-electron chi connectivity index (χ1n) is 5.06. The standard InChI is InChI=1S/C11H8Cl2N2O3/c12-7-3-1-2-6(10(7)13)11-15-14-8(18-11)4-5-9(16)17/h1-3H,4-5H2,(H,16,17). The highest BCUT2D eigenvalue weighted by atomic mass is 35.5. The second-order valence-electron chi connectivity index (χ2n) is 3.50. The smallest absolute Gasteiger partial charge is 0.303 e. The highest BCUT2D eigenvalue weighted by molar-refractivity contribution is 6.43. The van der Waals surface area contributed by atoms with Crippen molar-refractivity contribution in [2.75, 3.05) is 0 Å². The number of aliphatic carboxylic acids is 1. The van der Waals surface area contributed by atoms with Gasteiger partial charge in [0.15, 0.2) is 0 Å². The Morgan fingerprint density at radius 2 is 2.11 bits per heavy atom. The Labute approximate surface area is 112 Å². The van der Waals surface area contributed by atoms with Gasteiger partial charge in [0.25, 0.3) is 0 Å². The summed E-state index contributed by atoms with van der Waals surface area (Å²) in [7, 11) is 0. The third-order valence-corrected chi connectivity index (χ3v) is 3.02. The first kappa shape index (κ1) is 12.9. The van der Waals surface area contributed by atoms with Crippen LogP contribution in [0, 0.1) is 0 Å². The average molecular weight is 287 g/mol. The molecule has 18 heavy (non-hydrogen) atoms. The summed E-state index contributed by atoms with van der Waals surface area (Å²) in [5.41, 5.74) is 0.526. The van der Waals surface area contributed by atoms with E-state index in [0.29, 0.717) is 15.6 Å². The lowest BCUT2D eigenvalue weighted by atomic mass is 10.2. The minimum absolute atomic E-state index is 0.0646. The van der Waals surface area contributed by atoms with Crippen LogP contribution in [0.2, 0.25) is 10.0 Å². The van der Waals surface area contributed by atoms with Crippen molar-refractivity contribution in [2.24, 2.45) is 0 Å². The Morgan fingerprint density at radius 3 is 2.83 bits per heavy atom. The number of rotatable bonds is 4. The van der Waals surface area contributed by atoms with Gasteiger partial charge in [0.1, 0.15) is 0 Å². The maximum atomic E-state index is 10.4. The number of halogens is 2. The maximum Gasteiger partial charge on any atom is 0.303 e. The van der Waals surface area contributed by atoms with E-state index in [4.69, 9.17) is 32.7 Å². The number of carbonyl (C=O) groups is 1. The van der Waals surface area contributed by atoms with Gasteiger partial charge in [0.05, 0.1) is 22.0 Å². The number of hydrogen-bond acceptors (Lipinski definition) is 4. The molecule has 2 rings (SSSR count). The van der Waals surface area contributed by atoms with Gasteiger partial charge in [-0.25, -0.2) is 0 Å². The fourth-order valence-corrected chi connectivity index (χ4v) is 1.73. The molecule has 1 heterocycles. The van der Waals surface area contributed by atoms with Gasteiger partial charge in [-0.2, -0.15) is 0 Å². The van der Waals surface area contributed by atoms with Crippen LogP contribution in [0.3, 0.4) is 0 Å². The van der Waals surface area contributed by atoms with Crippen LogP contribution in [0.15, 0.2) is 22.6 Å². The fraction of sp³-hybridized carbons (Fsp3) is 0.182. The molecule has 0 unspecified atom stereocenters. The second-order valence-corrected chi connectivity index (χ2v) is 4.28. The number of aromatic nitrogens is 2. The van der Waals surface area contributed by atoms with Crippen LogP contribution in [-0.4, -0.2) is 21.3 Å². The van der Waals surface area contributed by atoms with Crippen molar-refractivity contribution < 1.29 is 14.3 Å². The number of aryl methyl sites for hydroxylation is 1. The monoisotopic (exact) mass is 286 g/mol. The topological polar surface area (TPSA) is 76.2 Å². The number of nitrogens with zero attached hydrogens (tertiary/aromatic N) is 2.